The van der Waals surface area contributed by atoms with Gasteiger partial charge in [0, 0.05) is 43.3 Å². The average molecular weight is 369 g/mol. The van der Waals surface area contributed by atoms with E-state index >= 15 is 0 Å². The standard InChI is InChI=1S/C21H25ClN4/c1-24-12-14-25(15-13-24)10-5-11-26-20-9-3-2-8-19(20)23-21(26)17-6-4-7-18(22)16-17/h2-4,6-9,16H,5,10-15H2,1H3. The van der Waals surface area contributed by atoms with Crippen molar-refractivity contribution in [3.8, 4) is 11.4 Å². The summed E-state index contributed by atoms with van der Waals surface area (Å²) in [5.74, 6) is 1.01. The smallest absolute Gasteiger partial charge is 0.141 e. The summed E-state index contributed by atoms with van der Waals surface area (Å²) in [5, 5.41) is 0.749. The van der Waals surface area contributed by atoms with Crippen LogP contribution in [0.15, 0.2) is 48.5 Å². The Morgan fingerprint density at radius 2 is 1.77 bits per heavy atom. The van der Waals surface area contributed by atoms with Gasteiger partial charge in [-0.1, -0.05) is 35.9 Å². The zero-order valence-corrected chi connectivity index (χ0v) is 16.0. The summed E-state index contributed by atoms with van der Waals surface area (Å²) in [5.41, 5.74) is 3.32. The number of fused-ring (bicyclic) bond motifs is 1. The Bertz CT molecular complexity index is 881. The maximum Gasteiger partial charge on any atom is 0.141 e. The van der Waals surface area contributed by atoms with Gasteiger partial charge in [-0.05, 0) is 44.3 Å². The van der Waals surface area contributed by atoms with Crippen LogP contribution in [0.25, 0.3) is 22.4 Å². The van der Waals surface area contributed by atoms with E-state index in [0.717, 1.165) is 41.4 Å². The molecular weight excluding hydrogens is 344 g/mol. The van der Waals surface area contributed by atoms with E-state index < -0.39 is 0 Å². The Labute approximate surface area is 160 Å². The van der Waals surface area contributed by atoms with Gasteiger partial charge in [0.1, 0.15) is 5.82 Å². The number of para-hydroxylation sites is 2. The van der Waals surface area contributed by atoms with Crippen LogP contribution in [-0.4, -0.2) is 59.1 Å². The molecule has 1 aliphatic rings. The largest absolute Gasteiger partial charge is 0.324 e. The Morgan fingerprint density at radius 1 is 0.962 bits per heavy atom. The molecule has 1 aromatic heterocycles. The molecule has 0 unspecified atom stereocenters. The van der Waals surface area contributed by atoms with E-state index in [1.54, 1.807) is 0 Å². The van der Waals surface area contributed by atoms with Crippen LogP contribution in [0.1, 0.15) is 6.42 Å². The van der Waals surface area contributed by atoms with Crippen molar-refractivity contribution in [1.82, 2.24) is 19.4 Å². The molecule has 136 valence electrons. The molecule has 0 atom stereocenters. The molecule has 4 nitrogen and oxygen atoms in total. The van der Waals surface area contributed by atoms with Gasteiger partial charge in [-0.25, -0.2) is 4.98 Å². The third-order valence-electron chi connectivity index (χ3n) is 5.19. The second kappa shape index (κ2) is 7.78. The number of hydrogen-bond donors (Lipinski definition) is 0. The molecule has 0 radical (unpaired) electrons. The molecule has 0 saturated carbocycles. The SMILES string of the molecule is CN1CCN(CCCn2c(-c3cccc(Cl)c3)nc3ccccc32)CC1. The highest BCUT2D eigenvalue weighted by molar-refractivity contribution is 6.30. The van der Waals surface area contributed by atoms with E-state index in [0.29, 0.717) is 0 Å². The zero-order chi connectivity index (χ0) is 17.9. The summed E-state index contributed by atoms with van der Waals surface area (Å²) in [6.45, 7) is 6.78. The van der Waals surface area contributed by atoms with Gasteiger partial charge in [0.05, 0.1) is 11.0 Å². The van der Waals surface area contributed by atoms with Crippen LogP contribution in [0.2, 0.25) is 5.02 Å². The van der Waals surface area contributed by atoms with Gasteiger partial charge >= 0.3 is 0 Å². The summed E-state index contributed by atoms with van der Waals surface area (Å²) in [7, 11) is 2.20. The van der Waals surface area contributed by atoms with E-state index in [-0.39, 0.29) is 0 Å². The molecule has 0 bridgehead atoms. The number of halogens is 1. The lowest BCUT2D eigenvalue weighted by Crippen LogP contribution is -2.44. The lowest BCUT2D eigenvalue weighted by atomic mass is 10.2. The molecule has 0 aliphatic carbocycles. The van der Waals surface area contributed by atoms with E-state index in [1.807, 2.05) is 24.3 Å². The van der Waals surface area contributed by atoms with E-state index in [2.05, 4.69) is 45.7 Å². The molecule has 1 aliphatic heterocycles. The minimum Gasteiger partial charge on any atom is -0.324 e. The number of imidazole rings is 1. The molecule has 3 aromatic rings. The first-order chi connectivity index (χ1) is 12.7. The highest BCUT2D eigenvalue weighted by Crippen LogP contribution is 2.27. The highest BCUT2D eigenvalue weighted by atomic mass is 35.5. The number of benzene rings is 2. The number of rotatable bonds is 5. The van der Waals surface area contributed by atoms with Crippen molar-refractivity contribution < 1.29 is 0 Å². The van der Waals surface area contributed by atoms with Crippen molar-refractivity contribution in [3.63, 3.8) is 0 Å². The molecular formula is C21H25ClN4. The van der Waals surface area contributed by atoms with Crippen LogP contribution < -0.4 is 0 Å². The van der Waals surface area contributed by atoms with Crippen molar-refractivity contribution >= 4 is 22.6 Å². The summed E-state index contributed by atoms with van der Waals surface area (Å²) in [4.78, 5) is 9.85. The van der Waals surface area contributed by atoms with Gasteiger partial charge in [0.2, 0.25) is 0 Å². The van der Waals surface area contributed by atoms with Crippen molar-refractivity contribution in [2.45, 2.75) is 13.0 Å². The first kappa shape index (κ1) is 17.5. The predicted molar refractivity (Wildman–Crippen MR) is 109 cm³/mol. The normalized spacial score (nSPS) is 16.4. The third kappa shape index (κ3) is 3.78. The Balaban J connectivity index is 1.56. The number of likely N-dealkylation sites (N-methyl/N-ethyl adjacent to an activating group) is 1. The van der Waals surface area contributed by atoms with E-state index in [9.17, 15) is 0 Å². The second-order valence-corrected chi connectivity index (χ2v) is 7.52. The number of hydrogen-bond acceptors (Lipinski definition) is 3. The van der Waals surface area contributed by atoms with Crippen molar-refractivity contribution in [2.75, 3.05) is 39.8 Å². The van der Waals surface area contributed by atoms with E-state index in [4.69, 9.17) is 16.6 Å². The lowest BCUT2D eigenvalue weighted by Gasteiger charge is -2.32. The fraction of sp³-hybridized carbons (Fsp3) is 0.381. The summed E-state index contributed by atoms with van der Waals surface area (Å²) < 4.78 is 2.34. The third-order valence-corrected chi connectivity index (χ3v) is 5.42. The fourth-order valence-corrected chi connectivity index (χ4v) is 3.86. The van der Waals surface area contributed by atoms with Crippen LogP contribution in [0.4, 0.5) is 0 Å². The molecule has 0 spiro atoms. The van der Waals surface area contributed by atoms with Gasteiger partial charge < -0.3 is 14.4 Å². The molecule has 26 heavy (non-hydrogen) atoms. The number of aromatic nitrogens is 2. The Hall–Kier alpha value is -1.88. The maximum absolute atomic E-state index is 6.22. The number of piperazine rings is 1. The Morgan fingerprint density at radius 3 is 2.58 bits per heavy atom. The molecule has 0 amide bonds. The lowest BCUT2D eigenvalue weighted by molar-refractivity contribution is 0.151. The molecule has 4 rings (SSSR count). The van der Waals surface area contributed by atoms with Crippen LogP contribution >= 0.6 is 11.6 Å². The number of aryl methyl sites for hydroxylation is 1. The predicted octanol–water partition coefficient (Wildman–Crippen LogP) is 3.99. The van der Waals surface area contributed by atoms with Gasteiger partial charge in [-0.3, -0.25) is 0 Å². The summed E-state index contributed by atoms with van der Waals surface area (Å²) in [6.07, 6.45) is 1.12. The van der Waals surface area contributed by atoms with Crippen molar-refractivity contribution in [3.05, 3.63) is 53.6 Å². The fourth-order valence-electron chi connectivity index (χ4n) is 3.67. The quantitative estimate of drug-likeness (QED) is 0.680. The highest BCUT2D eigenvalue weighted by Gasteiger charge is 2.15. The first-order valence-electron chi connectivity index (χ1n) is 9.33. The summed E-state index contributed by atoms with van der Waals surface area (Å²) in [6, 6.07) is 16.4. The molecule has 1 fully saturated rings. The monoisotopic (exact) mass is 368 g/mol. The van der Waals surface area contributed by atoms with Crippen molar-refractivity contribution in [1.29, 1.82) is 0 Å². The van der Waals surface area contributed by atoms with Crippen LogP contribution in [0, 0.1) is 0 Å². The maximum atomic E-state index is 6.22. The van der Waals surface area contributed by atoms with Gasteiger partial charge in [-0.2, -0.15) is 0 Å². The Kier molecular flexibility index (Phi) is 5.25. The minimum absolute atomic E-state index is 0.749. The van der Waals surface area contributed by atoms with Gasteiger partial charge in [0.15, 0.2) is 0 Å². The van der Waals surface area contributed by atoms with Crippen molar-refractivity contribution in [2.24, 2.45) is 0 Å². The topological polar surface area (TPSA) is 24.3 Å². The number of nitrogens with zero attached hydrogens (tertiary/aromatic N) is 4. The van der Waals surface area contributed by atoms with E-state index in [1.165, 1.54) is 31.7 Å². The molecule has 1 saturated heterocycles. The average Bonchev–Trinajstić information content (AvgIpc) is 3.02. The first-order valence-corrected chi connectivity index (χ1v) is 9.70. The second-order valence-electron chi connectivity index (χ2n) is 7.08. The van der Waals surface area contributed by atoms with Gasteiger partial charge in [0.25, 0.3) is 0 Å². The molecule has 5 heteroatoms. The van der Waals surface area contributed by atoms with Crippen LogP contribution in [0.3, 0.4) is 0 Å². The van der Waals surface area contributed by atoms with Crippen LogP contribution in [0.5, 0.6) is 0 Å². The molecule has 2 heterocycles. The zero-order valence-electron chi connectivity index (χ0n) is 15.2. The molecule has 0 N–H and O–H groups in total. The molecule has 2 aromatic carbocycles. The van der Waals surface area contributed by atoms with Crippen LogP contribution in [-0.2, 0) is 6.54 Å². The minimum atomic E-state index is 0.749. The summed E-state index contributed by atoms with van der Waals surface area (Å²) >= 11 is 6.22. The van der Waals surface area contributed by atoms with Gasteiger partial charge in [-0.15, -0.1) is 0 Å².